The molecule has 7 nitrogen and oxygen atoms in total. The minimum atomic E-state index is 0. The molecule has 2 rings (SSSR count). The molecule has 0 aliphatic carbocycles. The van der Waals surface area contributed by atoms with Crippen LogP contribution in [0.5, 0.6) is 5.88 Å². The van der Waals surface area contributed by atoms with Crippen LogP contribution in [0.15, 0.2) is 46.1 Å². The number of aliphatic imine (C=N–C) groups is 1. The summed E-state index contributed by atoms with van der Waals surface area (Å²) < 4.78 is 16.4. The molecule has 150 valence electrons. The monoisotopic (exact) mass is 488 g/mol. The number of rotatable bonds is 11. The highest BCUT2D eigenvalue weighted by atomic mass is 127. The Balaban J connectivity index is 0.00000364. The third-order valence-corrected chi connectivity index (χ3v) is 3.55. The molecule has 0 unspecified atom stereocenters. The molecule has 2 heterocycles. The van der Waals surface area contributed by atoms with Crippen molar-refractivity contribution in [2.75, 3.05) is 26.8 Å². The fourth-order valence-electron chi connectivity index (χ4n) is 2.24. The number of hydrogen-bond donors (Lipinski definition) is 2. The van der Waals surface area contributed by atoms with Crippen LogP contribution in [0.1, 0.15) is 31.1 Å². The van der Waals surface area contributed by atoms with Crippen LogP contribution in [0.4, 0.5) is 0 Å². The standard InChI is InChI=1S/C19H28N4O3.HI/c1-3-11-26-18-16(7-4-9-21-18)14-23-19(20-2)22-10-6-12-24-15-17-8-5-13-25-17;/h4-5,7-9,13H,3,6,10-12,14-15H2,1-2H3,(H2,20,22,23);1H. The van der Waals surface area contributed by atoms with Crippen LogP contribution in [0.3, 0.4) is 0 Å². The largest absolute Gasteiger partial charge is 0.477 e. The Bertz CT molecular complexity index is 650. The molecule has 8 heteroatoms. The molecule has 0 saturated heterocycles. The number of aromatic nitrogens is 1. The molecule has 27 heavy (non-hydrogen) atoms. The fraction of sp³-hybridized carbons (Fsp3) is 0.474. The van der Waals surface area contributed by atoms with E-state index in [2.05, 4.69) is 27.5 Å². The highest BCUT2D eigenvalue weighted by Crippen LogP contribution is 2.14. The molecule has 0 radical (unpaired) electrons. The summed E-state index contributed by atoms with van der Waals surface area (Å²) in [4.78, 5) is 8.52. The SMILES string of the molecule is CCCOc1ncccc1CNC(=NC)NCCCOCc1ccco1.I. The first-order valence-electron chi connectivity index (χ1n) is 8.94. The van der Waals surface area contributed by atoms with E-state index >= 15 is 0 Å². The van der Waals surface area contributed by atoms with E-state index in [1.54, 1.807) is 19.5 Å². The maximum Gasteiger partial charge on any atom is 0.218 e. The molecule has 2 N–H and O–H groups in total. The summed E-state index contributed by atoms with van der Waals surface area (Å²) in [6.07, 6.45) is 5.22. The Morgan fingerprint density at radius 3 is 2.85 bits per heavy atom. The van der Waals surface area contributed by atoms with Gasteiger partial charge >= 0.3 is 0 Å². The smallest absolute Gasteiger partial charge is 0.218 e. The van der Waals surface area contributed by atoms with Gasteiger partial charge in [0.05, 0.1) is 12.9 Å². The Morgan fingerprint density at radius 2 is 2.11 bits per heavy atom. The van der Waals surface area contributed by atoms with Crippen molar-refractivity contribution in [2.45, 2.75) is 32.9 Å². The zero-order valence-electron chi connectivity index (χ0n) is 15.9. The Kier molecular flexibility index (Phi) is 12.3. The Hall–Kier alpha value is -1.81. The van der Waals surface area contributed by atoms with E-state index < -0.39 is 0 Å². The van der Waals surface area contributed by atoms with Crippen molar-refractivity contribution in [3.05, 3.63) is 48.0 Å². The predicted octanol–water partition coefficient (Wildman–Crippen LogP) is 3.35. The number of ether oxygens (including phenoxy) is 2. The Labute approximate surface area is 178 Å². The number of halogens is 1. The topological polar surface area (TPSA) is 80.9 Å². The number of hydrogen-bond acceptors (Lipinski definition) is 5. The maximum absolute atomic E-state index is 5.67. The lowest BCUT2D eigenvalue weighted by atomic mass is 10.2. The highest BCUT2D eigenvalue weighted by molar-refractivity contribution is 14.0. The van der Waals surface area contributed by atoms with E-state index in [1.165, 1.54) is 0 Å². The molecule has 0 fully saturated rings. The van der Waals surface area contributed by atoms with Crippen molar-refractivity contribution < 1.29 is 13.9 Å². The molecule has 0 bridgehead atoms. The molecule has 0 spiro atoms. The summed E-state index contributed by atoms with van der Waals surface area (Å²) in [5.74, 6) is 2.25. The van der Waals surface area contributed by atoms with Crippen molar-refractivity contribution in [3.8, 4) is 5.88 Å². The Morgan fingerprint density at radius 1 is 1.22 bits per heavy atom. The van der Waals surface area contributed by atoms with E-state index in [4.69, 9.17) is 13.9 Å². The first-order chi connectivity index (χ1) is 12.8. The van der Waals surface area contributed by atoms with Gasteiger partial charge in [0.2, 0.25) is 5.88 Å². The van der Waals surface area contributed by atoms with E-state index in [0.717, 1.165) is 36.7 Å². The second kappa shape index (κ2) is 14.3. The number of guanidine groups is 1. The molecule has 0 atom stereocenters. The molecule has 2 aromatic heterocycles. The van der Waals surface area contributed by atoms with Crippen LogP contribution in [0, 0.1) is 0 Å². The first kappa shape index (κ1) is 23.2. The van der Waals surface area contributed by atoms with Crippen LogP contribution in [0.2, 0.25) is 0 Å². The average molecular weight is 488 g/mol. The molecule has 0 amide bonds. The highest BCUT2D eigenvalue weighted by Gasteiger charge is 2.05. The fourth-order valence-corrected chi connectivity index (χ4v) is 2.24. The number of nitrogens with one attached hydrogen (secondary N) is 2. The van der Waals surface area contributed by atoms with Gasteiger partial charge in [-0.25, -0.2) is 4.98 Å². The quantitative estimate of drug-likeness (QED) is 0.219. The van der Waals surface area contributed by atoms with Gasteiger partial charge in [0.15, 0.2) is 5.96 Å². The van der Waals surface area contributed by atoms with Gasteiger partial charge in [0.1, 0.15) is 12.4 Å². The molecular weight excluding hydrogens is 459 g/mol. The van der Waals surface area contributed by atoms with Crippen LogP contribution < -0.4 is 15.4 Å². The van der Waals surface area contributed by atoms with Gasteiger partial charge in [-0.1, -0.05) is 13.0 Å². The van der Waals surface area contributed by atoms with E-state index in [9.17, 15) is 0 Å². The lowest BCUT2D eigenvalue weighted by molar-refractivity contribution is 0.105. The van der Waals surface area contributed by atoms with Gasteiger partial charge in [-0.15, -0.1) is 24.0 Å². The summed E-state index contributed by atoms with van der Waals surface area (Å²) in [6.45, 7) is 5.26. The van der Waals surface area contributed by atoms with Crippen molar-refractivity contribution in [1.82, 2.24) is 15.6 Å². The minimum absolute atomic E-state index is 0. The van der Waals surface area contributed by atoms with Crippen molar-refractivity contribution in [1.29, 1.82) is 0 Å². The molecule has 0 aliphatic heterocycles. The maximum atomic E-state index is 5.67. The second-order valence-corrected chi connectivity index (χ2v) is 5.65. The van der Waals surface area contributed by atoms with Gasteiger partial charge in [-0.3, -0.25) is 4.99 Å². The van der Waals surface area contributed by atoms with E-state index in [1.807, 2.05) is 24.3 Å². The van der Waals surface area contributed by atoms with Crippen LogP contribution in [-0.4, -0.2) is 37.7 Å². The zero-order chi connectivity index (χ0) is 18.5. The zero-order valence-corrected chi connectivity index (χ0v) is 18.3. The molecule has 0 aromatic carbocycles. The summed E-state index contributed by atoms with van der Waals surface area (Å²) in [7, 11) is 1.75. The lowest BCUT2D eigenvalue weighted by Gasteiger charge is -2.14. The lowest BCUT2D eigenvalue weighted by Crippen LogP contribution is -2.37. The van der Waals surface area contributed by atoms with Crippen molar-refractivity contribution in [2.24, 2.45) is 4.99 Å². The van der Waals surface area contributed by atoms with Gasteiger partial charge in [-0.2, -0.15) is 0 Å². The van der Waals surface area contributed by atoms with Gasteiger partial charge in [-0.05, 0) is 31.0 Å². The van der Waals surface area contributed by atoms with Gasteiger partial charge in [0, 0.05) is 38.5 Å². The molecule has 2 aromatic rings. The number of furan rings is 1. The van der Waals surface area contributed by atoms with Gasteiger partial charge < -0.3 is 24.5 Å². The normalized spacial score (nSPS) is 11.0. The molecular formula is C19H29IN4O3. The van der Waals surface area contributed by atoms with E-state index in [0.29, 0.717) is 32.2 Å². The molecule has 0 aliphatic rings. The second-order valence-electron chi connectivity index (χ2n) is 5.65. The van der Waals surface area contributed by atoms with Gasteiger partial charge in [0.25, 0.3) is 0 Å². The summed E-state index contributed by atoms with van der Waals surface area (Å²) in [5, 5.41) is 6.55. The summed E-state index contributed by atoms with van der Waals surface area (Å²) >= 11 is 0. The van der Waals surface area contributed by atoms with Crippen molar-refractivity contribution in [3.63, 3.8) is 0 Å². The number of pyridine rings is 1. The summed E-state index contributed by atoms with van der Waals surface area (Å²) in [5.41, 5.74) is 1.01. The first-order valence-corrected chi connectivity index (χ1v) is 8.94. The van der Waals surface area contributed by atoms with Crippen LogP contribution >= 0.6 is 24.0 Å². The van der Waals surface area contributed by atoms with E-state index in [-0.39, 0.29) is 24.0 Å². The third-order valence-electron chi connectivity index (χ3n) is 3.55. The predicted molar refractivity (Wildman–Crippen MR) is 117 cm³/mol. The van der Waals surface area contributed by atoms with Crippen LogP contribution in [-0.2, 0) is 17.9 Å². The number of nitrogens with zero attached hydrogens (tertiary/aromatic N) is 2. The molecule has 0 saturated carbocycles. The van der Waals surface area contributed by atoms with Crippen LogP contribution in [0.25, 0.3) is 0 Å². The average Bonchev–Trinajstić information content (AvgIpc) is 3.19. The third kappa shape index (κ3) is 9.09. The minimum Gasteiger partial charge on any atom is -0.477 e. The van der Waals surface area contributed by atoms with Crippen molar-refractivity contribution >= 4 is 29.9 Å². The summed E-state index contributed by atoms with van der Waals surface area (Å²) in [6, 6.07) is 7.67.